The summed E-state index contributed by atoms with van der Waals surface area (Å²) in [7, 11) is -1.46. The number of rotatable bonds is 2. The molecule has 2 aliphatic heterocycles. The van der Waals surface area contributed by atoms with Crippen LogP contribution in [0, 0.1) is 0 Å². The highest BCUT2D eigenvalue weighted by Gasteiger charge is 2.52. The monoisotopic (exact) mass is 400 g/mol. The van der Waals surface area contributed by atoms with Gasteiger partial charge < -0.3 is 18.9 Å². The zero-order valence-electron chi connectivity index (χ0n) is 29.1. The molecular weight excluding hydrogens is 355 g/mol. The number of hydrogen-bond acceptors (Lipinski definition) is 5. The van der Waals surface area contributed by atoms with Crippen LogP contribution in [-0.2, 0) is 14.0 Å². The van der Waals surface area contributed by atoms with E-state index in [1.807, 2.05) is 0 Å². The van der Waals surface area contributed by atoms with Crippen molar-refractivity contribution in [3.8, 4) is 0 Å². The average molecular weight is 400 g/mol. The maximum absolute atomic E-state index is 13.2. The van der Waals surface area contributed by atoms with Crippen molar-refractivity contribution in [3.63, 3.8) is 0 Å². The molecule has 0 radical (unpaired) electrons. The molecule has 0 spiro atoms. The molecule has 2 fully saturated rings. The van der Waals surface area contributed by atoms with E-state index >= 15 is 0 Å². The molecule has 1 atom stereocenters. The normalized spacial score (nSPS) is 40.4. The molecule has 1 aromatic heterocycles. The second kappa shape index (κ2) is 7.34. The van der Waals surface area contributed by atoms with E-state index in [9.17, 15) is 6.17 Å². The third-order valence-corrected chi connectivity index (χ3v) is 4.49. The predicted octanol–water partition coefficient (Wildman–Crippen LogP) is 3.50. The number of aromatic nitrogens is 1. The van der Waals surface area contributed by atoms with Gasteiger partial charge >= 0.3 is 13.2 Å². The summed E-state index contributed by atoms with van der Waals surface area (Å²) in [5.74, 6) is -3.71. The fourth-order valence-electron chi connectivity index (χ4n) is 2.35. The number of amides is 1. The first-order valence-electron chi connectivity index (χ1n) is 14.9. The summed E-state index contributed by atoms with van der Waals surface area (Å²) >= 11 is 0. The van der Waals surface area contributed by atoms with Crippen molar-refractivity contribution < 1.29 is 35.3 Å². The van der Waals surface area contributed by atoms with Crippen molar-refractivity contribution in [2.24, 2.45) is 0 Å². The zero-order valence-corrected chi connectivity index (χ0v) is 17.1. The molecule has 1 amide bonds. The second-order valence-electron chi connectivity index (χ2n) is 8.49. The van der Waals surface area contributed by atoms with Gasteiger partial charge in [-0.1, -0.05) is 0 Å². The minimum Gasteiger partial charge on any atom is -0.444 e. The fraction of sp³-hybridized carbons (Fsp3) is 0.714. The van der Waals surface area contributed by atoms with Gasteiger partial charge in [0.1, 0.15) is 5.60 Å². The maximum Gasteiger partial charge on any atom is 0.514 e. The Hall–Kier alpha value is -1.60. The van der Waals surface area contributed by atoms with Gasteiger partial charge in [-0.3, -0.25) is 4.98 Å². The van der Waals surface area contributed by atoms with E-state index in [0.29, 0.717) is 0 Å². The number of carbonyl (C=O) groups is 1. The van der Waals surface area contributed by atoms with Crippen LogP contribution < -0.4 is 5.59 Å². The molecule has 6 nitrogen and oxygen atoms in total. The number of ether oxygens (including phenoxy) is 1. The number of hydrogen-bond donors (Lipinski definition) is 0. The van der Waals surface area contributed by atoms with Crippen LogP contribution >= 0.6 is 0 Å². The van der Waals surface area contributed by atoms with E-state index in [-0.39, 0.29) is 4.90 Å². The Morgan fingerprint density at radius 2 is 2.04 bits per heavy atom. The van der Waals surface area contributed by atoms with Gasteiger partial charge in [0, 0.05) is 34.7 Å². The average Bonchev–Trinajstić information content (AvgIpc) is 2.94. The number of nitrogens with zero attached hydrogens (tertiary/aromatic N) is 2. The smallest absolute Gasteiger partial charge is 0.444 e. The lowest BCUT2D eigenvalue weighted by Crippen LogP contribution is -2.42. The largest absolute Gasteiger partial charge is 0.514 e. The van der Waals surface area contributed by atoms with E-state index in [0.717, 1.165) is 0 Å². The summed E-state index contributed by atoms with van der Waals surface area (Å²) in [6, 6.07) is -2.04. The third-order valence-electron chi connectivity index (χ3n) is 4.49. The predicted molar refractivity (Wildman–Crippen MR) is 110 cm³/mol. The van der Waals surface area contributed by atoms with Gasteiger partial charge in [0.25, 0.3) is 0 Å². The maximum atomic E-state index is 13.2. The van der Waals surface area contributed by atoms with Crippen LogP contribution in [0.5, 0.6) is 0 Å². The lowest BCUT2D eigenvalue weighted by molar-refractivity contribution is 0.00578. The van der Waals surface area contributed by atoms with Crippen molar-refractivity contribution in [2.75, 3.05) is 13.0 Å². The lowest BCUT2D eigenvalue weighted by atomic mass is 9.81. The molecule has 7 heteroatoms. The van der Waals surface area contributed by atoms with Crippen LogP contribution in [0.3, 0.4) is 0 Å². The Labute approximate surface area is 185 Å². The Morgan fingerprint density at radius 3 is 2.64 bits per heavy atom. The summed E-state index contributed by atoms with van der Waals surface area (Å²) in [6.45, 7) is 3.36. The molecule has 0 N–H and O–H groups in total. The molecule has 28 heavy (non-hydrogen) atoms. The minimum absolute atomic E-state index is 0.336. The van der Waals surface area contributed by atoms with Gasteiger partial charge in [0.05, 0.1) is 23.6 Å². The highest BCUT2D eigenvalue weighted by Crippen LogP contribution is 2.36. The quantitative estimate of drug-likeness (QED) is 0.712. The number of likely N-dealkylation sites (tertiary alicyclic amines) is 1. The summed E-state index contributed by atoms with van der Waals surface area (Å²) in [4.78, 5) is 16.7. The van der Waals surface area contributed by atoms with Crippen molar-refractivity contribution >= 4 is 18.8 Å². The second-order valence-corrected chi connectivity index (χ2v) is 8.49. The van der Waals surface area contributed by atoms with Crippen LogP contribution in [0.25, 0.3) is 0 Å². The number of piperidine rings is 1. The van der Waals surface area contributed by atoms with E-state index in [1.54, 1.807) is 27.7 Å². The van der Waals surface area contributed by atoms with Gasteiger partial charge in [-0.05, 0) is 78.9 Å². The molecule has 2 aliphatic rings. The molecule has 2 saturated heterocycles. The molecule has 0 bridgehead atoms. The minimum atomic E-state index is -3.85. The van der Waals surface area contributed by atoms with Crippen molar-refractivity contribution in [1.82, 2.24) is 9.88 Å². The summed E-state index contributed by atoms with van der Waals surface area (Å²) in [5.41, 5.74) is -4.90. The topological polar surface area (TPSA) is 60.9 Å². The SMILES string of the molecule is [2H]c1nc(B2OC(C)(C)C(C)(C)O2)c([2H])c(C2([2H])C([2H])([2H])N(C(=O)OC(C)(C)C)C([2H])([2H])C([2H])([2H])C2([2H])[2H])c1[2H]. The van der Waals surface area contributed by atoms with Gasteiger partial charge in [-0.15, -0.1) is 0 Å². The molecular formula is C21H33BN2O4. The molecule has 0 aromatic carbocycles. The fourth-order valence-corrected chi connectivity index (χ4v) is 2.35. The summed E-state index contributed by atoms with van der Waals surface area (Å²) in [5, 5.41) is 0. The number of carbonyl (C=O) groups excluding carboxylic acids is 1. The van der Waals surface area contributed by atoms with E-state index in [1.165, 1.54) is 20.8 Å². The first kappa shape index (κ1) is 10.4. The zero-order chi connectivity index (χ0) is 31.4. The van der Waals surface area contributed by atoms with Crippen molar-refractivity contribution in [2.45, 2.75) is 83.9 Å². The molecule has 0 aliphatic carbocycles. The molecule has 3 heterocycles. The first-order valence-corrected chi connectivity index (χ1v) is 8.90. The molecule has 154 valence electrons. The molecule has 1 unspecified atom stereocenters. The Kier molecular flexibility index (Phi) is 2.74. The van der Waals surface area contributed by atoms with Crippen molar-refractivity contribution in [1.29, 1.82) is 0 Å². The van der Waals surface area contributed by atoms with E-state index < -0.39 is 91.1 Å². The Bertz CT molecular complexity index is 1220. The van der Waals surface area contributed by atoms with Gasteiger partial charge in [0.15, 0.2) is 0 Å². The van der Waals surface area contributed by atoms with E-state index in [4.69, 9.17) is 29.1 Å². The van der Waals surface area contributed by atoms with E-state index in [2.05, 4.69) is 4.98 Å². The van der Waals surface area contributed by atoms with Crippen LogP contribution in [0.4, 0.5) is 4.79 Å². The third kappa shape index (κ3) is 4.52. The van der Waals surface area contributed by atoms with Crippen LogP contribution in [0.2, 0.25) is 0 Å². The molecule has 1 aromatic rings. The molecule has 3 rings (SSSR count). The Balaban J connectivity index is 2.41. The van der Waals surface area contributed by atoms with Gasteiger partial charge in [0.2, 0.25) is 0 Å². The highest BCUT2D eigenvalue weighted by atomic mass is 16.7. The summed E-state index contributed by atoms with van der Waals surface area (Å²) in [6.07, 6.45) is -10.3. The molecule has 0 saturated carbocycles. The van der Waals surface area contributed by atoms with Crippen LogP contribution in [-0.4, -0.2) is 52.9 Å². The first-order chi connectivity index (χ1) is 17.5. The Morgan fingerprint density at radius 1 is 1.39 bits per heavy atom. The van der Waals surface area contributed by atoms with Crippen molar-refractivity contribution in [3.05, 3.63) is 23.8 Å². The highest BCUT2D eigenvalue weighted by molar-refractivity contribution is 6.61. The lowest BCUT2D eigenvalue weighted by Gasteiger charge is -2.34. The van der Waals surface area contributed by atoms with Crippen LogP contribution in [0.1, 0.15) is 89.1 Å². The van der Waals surface area contributed by atoms with Crippen LogP contribution in [0.15, 0.2) is 18.3 Å². The standard InChI is InChI=1S/C21H33BN2O4/c1-19(2,3)26-18(25)24-12-8-9-16(14-24)15-10-11-23-17(13-15)22-27-20(4,5)21(6,7)28-22/h10-11,13,16H,8-9,12,14H2,1-7H3/i8D2,9D2,10D,11D,12D2,13D,14D2,16D. The summed E-state index contributed by atoms with van der Waals surface area (Å²) < 4.78 is 120. The van der Waals surface area contributed by atoms with Gasteiger partial charge in [-0.2, -0.15) is 0 Å². The van der Waals surface area contributed by atoms with Gasteiger partial charge in [-0.25, -0.2) is 4.79 Å². The number of pyridine rings is 1.